The maximum atomic E-state index is 12.1. The van der Waals surface area contributed by atoms with Crippen molar-refractivity contribution in [1.82, 2.24) is 9.97 Å². The monoisotopic (exact) mass is 297 g/mol. The third-order valence-electron chi connectivity index (χ3n) is 3.67. The number of fused-ring (bicyclic) bond motifs is 1. The first-order valence-corrected chi connectivity index (χ1v) is 7.12. The third-order valence-corrected chi connectivity index (χ3v) is 3.67. The number of carboxylic acid groups (broad SMARTS) is 1. The van der Waals surface area contributed by atoms with E-state index in [-0.39, 0.29) is 11.6 Å². The van der Waals surface area contributed by atoms with Crippen LogP contribution in [0.25, 0.3) is 0 Å². The molecular formula is C16H15N3O3. The van der Waals surface area contributed by atoms with E-state index in [9.17, 15) is 9.59 Å². The van der Waals surface area contributed by atoms with Gasteiger partial charge in [-0.1, -0.05) is 0 Å². The van der Waals surface area contributed by atoms with Crippen LogP contribution in [0.3, 0.4) is 0 Å². The number of anilines is 1. The highest BCUT2D eigenvalue weighted by atomic mass is 16.4. The highest BCUT2D eigenvalue weighted by molar-refractivity contribution is 6.04. The van der Waals surface area contributed by atoms with Crippen LogP contribution in [-0.2, 0) is 12.8 Å². The maximum Gasteiger partial charge on any atom is 0.354 e. The predicted molar refractivity (Wildman–Crippen MR) is 80.0 cm³/mol. The summed E-state index contributed by atoms with van der Waals surface area (Å²) in [4.78, 5) is 31.0. The number of rotatable bonds is 3. The molecule has 6 heteroatoms. The van der Waals surface area contributed by atoms with Crippen molar-refractivity contribution in [2.24, 2.45) is 0 Å². The van der Waals surface area contributed by atoms with Crippen LogP contribution in [0.4, 0.5) is 5.69 Å². The molecule has 0 saturated heterocycles. The minimum atomic E-state index is -1.12. The Kier molecular flexibility index (Phi) is 3.82. The maximum absolute atomic E-state index is 12.1. The number of carboxylic acids is 1. The summed E-state index contributed by atoms with van der Waals surface area (Å²) in [5.74, 6) is -1.45. The molecule has 1 aliphatic carbocycles. The summed E-state index contributed by atoms with van der Waals surface area (Å²) in [7, 11) is 0. The zero-order valence-electron chi connectivity index (χ0n) is 11.9. The van der Waals surface area contributed by atoms with Gasteiger partial charge in [0, 0.05) is 11.9 Å². The van der Waals surface area contributed by atoms with Crippen LogP contribution in [0.2, 0.25) is 0 Å². The quantitative estimate of drug-likeness (QED) is 0.907. The van der Waals surface area contributed by atoms with E-state index in [1.165, 1.54) is 23.9 Å². The van der Waals surface area contributed by atoms with Gasteiger partial charge in [-0.3, -0.25) is 9.78 Å². The zero-order chi connectivity index (χ0) is 15.5. The summed E-state index contributed by atoms with van der Waals surface area (Å²) >= 11 is 0. The van der Waals surface area contributed by atoms with Gasteiger partial charge in [0.2, 0.25) is 0 Å². The molecule has 6 nitrogen and oxygen atoms in total. The molecule has 0 unspecified atom stereocenters. The van der Waals surface area contributed by atoms with E-state index in [1.54, 1.807) is 6.20 Å². The van der Waals surface area contributed by atoms with Crippen LogP contribution in [0.5, 0.6) is 0 Å². The summed E-state index contributed by atoms with van der Waals surface area (Å²) in [6.45, 7) is 0. The van der Waals surface area contributed by atoms with Crippen molar-refractivity contribution in [3.63, 3.8) is 0 Å². The van der Waals surface area contributed by atoms with E-state index in [0.717, 1.165) is 31.4 Å². The van der Waals surface area contributed by atoms with Gasteiger partial charge in [0.05, 0.1) is 17.4 Å². The lowest BCUT2D eigenvalue weighted by molar-refractivity contribution is 0.0690. The number of nitrogens with zero attached hydrogens (tertiary/aromatic N) is 2. The van der Waals surface area contributed by atoms with Crippen LogP contribution >= 0.6 is 0 Å². The molecule has 112 valence electrons. The lowest BCUT2D eigenvalue weighted by Crippen LogP contribution is -2.14. The number of aromatic nitrogens is 2. The summed E-state index contributed by atoms with van der Waals surface area (Å²) in [5.41, 5.74) is 3.16. The molecule has 2 N–H and O–H groups in total. The number of hydrogen-bond acceptors (Lipinski definition) is 4. The number of carbonyl (C=O) groups is 2. The van der Waals surface area contributed by atoms with E-state index in [2.05, 4.69) is 15.3 Å². The summed E-state index contributed by atoms with van der Waals surface area (Å²) in [5, 5.41) is 11.6. The number of carbonyl (C=O) groups excluding carboxylic acids is 1. The second-order valence-corrected chi connectivity index (χ2v) is 5.23. The average molecular weight is 297 g/mol. The van der Waals surface area contributed by atoms with Gasteiger partial charge in [0.25, 0.3) is 5.91 Å². The predicted octanol–water partition coefficient (Wildman–Crippen LogP) is 2.31. The van der Waals surface area contributed by atoms with Crippen LogP contribution in [0.15, 0.2) is 30.6 Å². The Bertz CT molecular complexity index is 726. The molecule has 2 aromatic rings. The molecule has 3 rings (SSSR count). The minimum absolute atomic E-state index is 0.0907. The van der Waals surface area contributed by atoms with Gasteiger partial charge in [0.1, 0.15) is 5.69 Å². The number of amides is 1. The molecule has 0 aromatic carbocycles. The number of aryl methyl sites for hydroxylation is 2. The van der Waals surface area contributed by atoms with Crippen LogP contribution in [-0.4, -0.2) is 27.0 Å². The normalized spacial score (nSPS) is 13.3. The number of nitrogens with one attached hydrogen (secondary N) is 1. The van der Waals surface area contributed by atoms with Gasteiger partial charge >= 0.3 is 5.97 Å². The Morgan fingerprint density at radius 1 is 1.09 bits per heavy atom. The van der Waals surface area contributed by atoms with Gasteiger partial charge in [-0.05, 0) is 49.4 Å². The number of hydrogen-bond donors (Lipinski definition) is 2. The third kappa shape index (κ3) is 2.95. The Morgan fingerprint density at radius 3 is 2.64 bits per heavy atom. The van der Waals surface area contributed by atoms with Gasteiger partial charge in [0.15, 0.2) is 0 Å². The lowest BCUT2D eigenvalue weighted by Gasteiger charge is -2.15. The fraction of sp³-hybridized carbons (Fsp3) is 0.250. The van der Waals surface area contributed by atoms with Crippen molar-refractivity contribution in [3.8, 4) is 0 Å². The molecule has 1 aliphatic rings. The molecular weight excluding hydrogens is 282 g/mol. The lowest BCUT2D eigenvalue weighted by atomic mass is 9.96. The van der Waals surface area contributed by atoms with Crippen LogP contribution < -0.4 is 5.32 Å². The average Bonchev–Trinajstić information content (AvgIpc) is 2.55. The molecule has 0 bridgehead atoms. The minimum Gasteiger partial charge on any atom is -0.477 e. The Morgan fingerprint density at radius 2 is 1.91 bits per heavy atom. The van der Waals surface area contributed by atoms with Crippen LogP contribution in [0, 0.1) is 0 Å². The standard InChI is InChI=1S/C16H15N3O3/c20-15(11-5-6-14(16(21)22)17-8-11)19-12-7-10-3-1-2-4-13(10)18-9-12/h5-9H,1-4H2,(H,19,20)(H,21,22). The zero-order valence-corrected chi connectivity index (χ0v) is 11.9. The highest BCUT2D eigenvalue weighted by Crippen LogP contribution is 2.22. The highest BCUT2D eigenvalue weighted by Gasteiger charge is 2.13. The summed E-state index contributed by atoms with van der Waals surface area (Å²) < 4.78 is 0. The Balaban J connectivity index is 1.75. The van der Waals surface area contributed by atoms with E-state index >= 15 is 0 Å². The second kappa shape index (κ2) is 5.93. The molecule has 0 fully saturated rings. The van der Waals surface area contributed by atoms with Crippen molar-refractivity contribution < 1.29 is 14.7 Å². The molecule has 0 aliphatic heterocycles. The van der Waals surface area contributed by atoms with E-state index in [1.807, 2.05) is 6.07 Å². The van der Waals surface area contributed by atoms with Gasteiger partial charge in [-0.2, -0.15) is 0 Å². The molecule has 0 spiro atoms. The first-order chi connectivity index (χ1) is 10.6. The summed E-state index contributed by atoms with van der Waals surface area (Å²) in [6, 6.07) is 4.71. The molecule has 2 aromatic heterocycles. The van der Waals surface area contributed by atoms with E-state index in [0.29, 0.717) is 11.3 Å². The Labute approximate surface area is 127 Å². The SMILES string of the molecule is O=C(Nc1cnc2c(c1)CCCC2)c1ccc(C(=O)O)nc1. The fourth-order valence-corrected chi connectivity index (χ4v) is 2.51. The van der Waals surface area contributed by atoms with Gasteiger partial charge in [-0.25, -0.2) is 9.78 Å². The molecule has 22 heavy (non-hydrogen) atoms. The molecule has 0 saturated carbocycles. The number of pyridine rings is 2. The van der Waals surface area contributed by atoms with Crippen molar-refractivity contribution in [2.45, 2.75) is 25.7 Å². The Hall–Kier alpha value is -2.76. The molecule has 1 amide bonds. The topological polar surface area (TPSA) is 92.2 Å². The number of aromatic carboxylic acids is 1. The van der Waals surface area contributed by atoms with Crippen molar-refractivity contribution in [1.29, 1.82) is 0 Å². The fourth-order valence-electron chi connectivity index (χ4n) is 2.51. The summed E-state index contributed by atoms with van der Waals surface area (Å²) in [6.07, 6.45) is 7.19. The second-order valence-electron chi connectivity index (χ2n) is 5.23. The molecule has 2 heterocycles. The van der Waals surface area contributed by atoms with Crippen molar-refractivity contribution >= 4 is 17.6 Å². The van der Waals surface area contributed by atoms with Crippen molar-refractivity contribution in [3.05, 3.63) is 53.1 Å². The smallest absolute Gasteiger partial charge is 0.354 e. The van der Waals surface area contributed by atoms with E-state index in [4.69, 9.17) is 5.11 Å². The first kappa shape index (κ1) is 14.2. The molecule has 0 atom stereocenters. The van der Waals surface area contributed by atoms with Gasteiger partial charge < -0.3 is 10.4 Å². The van der Waals surface area contributed by atoms with Gasteiger partial charge in [-0.15, -0.1) is 0 Å². The first-order valence-electron chi connectivity index (χ1n) is 7.12. The largest absolute Gasteiger partial charge is 0.477 e. The van der Waals surface area contributed by atoms with Crippen LogP contribution in [0.1, 0.15) is 44.9 Å². The van der Waals surface area contributed by atoms with E-state index < -0.39 is 5.97 Å². The molecule has 0 radical (unpaired) electrons. The van der Waals surface area contributed by atoms with Crippen molar-refractivity contribution in [2.75, 3.05) is 5.32 Å².